The van der Waals surface area contributed by atoms with Crippen molar-refractivity contribution >= 4 is 56.9 Å². The number of nitrogens with zero attached hydrogens (tertiary/aromatic N) is 4. The zero-order valence-electron chi connectivity index (χ0n) is 31.5. The second-order valence-corrected chi connectivity index (χ2v) is 17.3. The third kappa shape index (κ3) is 13.2. The third-order valence-electron chi connectivity index (χ3n) is 8.19. The molecule has 4 N–H and O–H groups in total. The molecule has 0 bridgehead atoms. The summed E-state index contributed by atoms with van der Waals surface area (Å²) in [5.74, 6) is -0.0187. The van der Waals surface area contributed by atoms with Crippen LogP contribution in [0, 0.1) is 0 Å². The molecule has 2 aromatic heterocycles. The molecule has 16 heteroatoms. The molecule has 14 nitrogen and oxygen atoms in total. The molecule has 0 radical (unpaired) electrons. The van der Waals surface area contributed by atoms with Crippen molar-refractivity contribution in [2.45, 2.75) is 116 Å². The number of carbonyl (C=O) groups is 4. The second-order valence-electron chi connectivity index (χ2n) is 15.2. The number of carbonyl (C=O) groups excluding carboxylic acids is 4. The number of nitrogens with one attached hydrogen (secondary N) is 4. The molecular weight excluding hydrogens is 729 g/mol. The van der Waals surface area contributed by atoms with E-state index < -0.39 is 23.4 Å². The van der Waals surface area contributed by atoms with Crippen LogP contribution >= 0.6 is 22.7 Å². The summed E-state index contributed by atoms with van der Waals surface area (Å²) in [5, 5.41) is 31.2. The number of amides is 4. The van der Waals surface area contributed by atoms with Crippen LogP contribution < -0.4 is 21.3 Å². The molecule has 0 aliphatic heterocycles. The van der Waals surface area contributed by atoms with Gasteiger partial charge in [0.15, 0.2) is 0 Å². The number of hydrogen-bond acceptors (Lipinski definition) is 12. The maximum Gasteiger partial charge on any atom is 0.407 e. The minimum atomic E-state index is -0.565. The van der Waals surface area contributed by atoms with Gasteiger partial charge in [0.25, 0.3) is 0 Å². The van der Waals surface area contributed by atoms with Crippen molar-refractivity contribution in [1.29, 1.82) is 0 Å². The lowest BCUT2D eigenvalue weighted by Gasteiger charge is -2.25. The van der Waals surface area contributed by atoms with Gasteiger partial charge in [-0.2, -0.15) is 0 Å². The predicted molar refractivity (Wildman–Crippen MR) is 207 cm³/mol. The van der Waals surface area contributed by atoms with Gasteiger partial charge in [-0.3, -0.25) is 9.59 Å². The average Bonchev–Trinajstić information content (AvgIpc) is 3.76. The average molecular weight is 777 g/mol. The Balaban J connectivity index is 1.05. The molecule has 0 saturated heterocycles. The molecule has 2 aromatic carbocycles. The van der Waals surface area contributed by atoms with Crippen LogP contribution in [0.1, 0.15) is 111 Å². The minimum absolute atomic E-state index is 0.178. The van der Waals surface area contributed by atoms with Gasteiger partial charge < -0.3 is 30.7 Å². The predicted octanol–water partition coefficient (Wildman–Crippen LogP) is 7.24. The maximum atomic E-state index is 12.8. The van der Waals surface area contributed by atoms with Crippen LogP contribution in [-0.2, 0) is 45.0 Å². The van der Waals surface area contributed by atoms with Crippen molar-refractivity contribution in [1.82, 2.24) is 31.0 Å². The summed E-state index contributed by atoms with van der Waals surface area (Å²) in [6, 6.07) is 14.9. The monoisotopic (exact) mass is 776 g/mol. The van der Waals surface area contributed by atoms with E-state index in [0.29, 0.717) is 23.4 Å². The van der Waals surface area contributed by atoms with Crippen molar-refractivity contribution in [3.8, 4) is 0 Å². The molecule has 0 unspecified atom stereocenters. The van der Waals surface area contributed by atoms with E-state index in [9.17, 15) is 19.2 Å². The van der Waals surface area contributed by atoms with Crippen LogP contribution in [-0.4, -0.2) is 55.6 Å². The number of anilines is 2. The molecule has 0 spiro atoms. The zero-order chi connectivity index (χ0) is 38.9. The SMILES string of the molecule is CC(C)(C)OC(=O)NCc1ccc(CC(=O)Nc2nnc([C@H]3CCC[C@H](c4nnc(NC(=O)Cc5ccc(CNC(=O)OC(C)(C)C)cc5)s4)C3)s2)cc1. The van der Waals surface area contributed by atoms with E-state index in [-0.39, 0.29) is 36.5 Å². The molecule has 4 aromatic rings. The van der Waals surface area contributed by atoms with Crippen LogP contribution in [0.4, 0.5) is 19.9 Å². The van der Waals surface area contributed by atoms with Crippen molar-refractivity contribution in [2.75, 3.05) is 10.6 Å². The topological polar surface area (TPSA) is 186 Å². The van der Waals surface area contributed by atoms with Crippen molar-refractivity contribution in [2.24, 2.45) is 0 Å². The Morgan fingerprint density at radius 3 is 1.35 bits per heavy atom. The molecule has 2 heterocycles. The smallest absolute Gasteiger partial charge is 0.407 e. The lowest BCUT2D eigenvalue weighted by molar-refractivity contribution is -0.116. The largest absolute Gasteiger partial charge is 0.444 e. The maximum absolute atomic E-state index is 12.8. The van der Waals surface area contributed by atoms with Crippen LogP contribution in [0.3, 0.4) is 0 Å². The second kappa shape index (κ2) is 17.9. The number of aromatic nitrogens is 4. The highest BCUT2D eigenvalue weighted by Crippen LogP contribution is 2.43. The highest BCUT2D eigenvalue weighted by molar-refractivity contribution is 7.15. The van der Waals surface area contributed by atoms with Gasteiger partial charge in [-0.1, -0.05) is 77.6 Å². The Morgan fingerprint density at radius 1 is 0.611 bits per heavy atom. The number of hydrogen-bond donors (Lipinski definition) is 4. The fourth-order valence-corrected chi connectivity index (χ4v) is 7.58. The van der Waals surface area contributed by atoms with E-state index in [4.69, 9.17) is 9.47 Å². The molecular formula is C38H48N8O6S2. The van der Waals surface area contributed by atoms with E-state index in [1.807, 2.05) is 90.1 Å². The summed E-state index contributed by atoms with van der Waals surface area (Å²) in [6.45, 7) is 11.5. The minimum Gasteiger partial charge on any atom is -0.444 e. The normalized spacial score (nSPS) is 15.9. The van der Waals surface area contributed by atoms with Crippen LogP contribution in [0.15, 0.2) is 48.5 Å². The highest BCUT2D eigenvalue weighted by Gasteiger charge is 2.29. The van der Waals surface area contributed by atoms with E-state index >= 15 is 0 Å². The Bertz CT molecular complexity index is 1760. The Morgan fingerprint density at radius 2 is 0.981 bits per heavy atom. The first kappa shape index (κ1) is 40.2. The Kier molecular flexibility index (Phi) is 13.3. The standard InChI is InChI=1S/C38H48N8O6S2/c1-37(2,3)51-35(49)39-21-25-14-10-23(11-15-25)18-29(47)41-33-45-43-31(53-33)27-8-7-9-28(20-27)32-44-46-34(54-32)42-30(48)19-24-12-16-26(17-13-24)22-40-36(50)52-38(4,5)6/h10-17,27-28H,7-9,18-22H2,1-6H3,(H,39,49)(H,40,50)(H,41,45,47)(H,42,46,48)/t27-,28-/m0/s1. The summed E-state index contributed by atoms with van der Waals surface area (Å²) in [5.41, 5.74) is 2.33. The van der Waals surface area contributed by atoms with Crippen LogP contribution in [0.25, 0.3) is 0 Å². The molecule has 1 saturated carbocycles. The third-order valence-corrected chi connectivity index (χ3v) is 10.2. The van der Waals surface area contributed by atoms with Crippen LogP contribution in [0.2, 0.25) is 0 Å². The van der Waals surface area contributed by atoms with E-state index in [0.717, 1.165) is 58.0 Å². The molecule has 2 atom stereocenters. The van der Waals surface area contributed by atoms with Gasteiger partial charge >= 0.3 is 12.2 Å². The number of benzene rings is 2. The van der Waals surface area contributed by atoms with Gasteiger partial charge in [-0.25, -0.2) is 9.59 Å². The quantitative estimate of drug-likeness (QED) is 0.114. The van der Waals surface area contributed by atoms with E-state index in [1.54, 1.807) is 0 Å². The fraction of sp³-hybridized carbons (Fsp3) is 0.474. The summed E-state index contributed by atoms with van der Waals surface area (Å²) < 4.78 is 10.5. The number of rotatable bonds is 12. The molecule has 288 valence electrons. The first-order valence-electron chi connectivity index (χ1n) is 17.9. The number of ether oxygens (including phenoxy) is 2. The molecule has 1 fully saturated rings. The number of alkyl carbamates (subject to hydrolysis) is 2. The molecule has 1 aliphatic carbocycles. The van der Waals surface area contributed by atoms with Crippen LogP contribution in [0.5, 0.6) is 0 Å². The van der Waals surface area contributed by atoms with E-state index in [2.05, 4.69) is 41.7 Å². The first-order chi connectivity index (χ1) is 25.6. The molecule has 1 aliphatic rings. The fourth-order valence-electron chi connectivity index (χ4n) is 5.76. The Labute approximate surface area is 323 Å². The Hall–Kier alpha value is -4.96. The summed E-state index contributed by atoms with van der Waals surface area (Å²) in [6.07, 6.45) is 3.14. The van der Waals surface area contributed by atoms with Gasteiger partial charge in [0.2, 0.25) is 22.1 Å². The highest BCUT2D eigenvalue weighted by atomic mass is 32.1. The molecule has 5 rings (SSSR count). The molecule has 4 amide bonds. The van der Waals surface area contributed by atoms with Gasteiger partial charge in [0.05, 0.1) is 12.8 Å². The van der Waals surface area contributed by atoms with Gasteiger partial charge in [-0.05, 0) is 83.1 Å². The first-order valence-corrected chi connectivity index (χ1v) is 19.6. The van der Waals surface area contributed by atoms with Gasteiger partial charge in [-0.15, -0.1) is 20.4 Å². The lowest BCUT2D eigenvalue weighted by Crippen LogP contribution is -2.32. The van der Waals surface area contributed by atoms with Crippen molar-refractivity contribution in [3.05, 3.63) is 80.8 Å². The summed E-state index contributed by atoms with van der Waals surface area (Å²) in [7, 11) is 0. The lowest BCUT2D eigenvalue weighted by atomic mass is 9.82. The summed E-state index contributed by atoms with van der Waals surface area (Å²) >= 11 is 2.78. The van der Waals surface area contributed by atoms with E-state index in [1.165, 1.54) is 22.7 Å². The van der Waals surface area contributed by atoms with Gasteiger partial charge in [0, 0.05) is 24.9 Å². The van der Waals surface area contributed by atoms with Crippen molar-refractivity contribution < 1.29 is 28.7 Å². The molecule has 54 heavy (non-hydrogen) atoms. The van der Waals surface area contributed by atoms with Crippen molar-refractivity contribution in [3.63, 3.8) is 0 Å². The van der Waals surface area contributed by atoms with Gasteiger partial charge in [0.1, 0.15) is 21.2 Å². The summed E-state index contributed by atoms with van der Waals surface area (Å²) in [4.78, 5) is 49.4. The zero-order valence-corrected chi connectivity index (χ0v) is 33.1.